The van der Waals surface area contributed by atoms with Crippen LogP contribution in [0, 0.1) is 0 Å². The standard InChI is InChI=1S/C17H12F3N3O/c18-17(19,20)10-6-4-9(5-7-10)13-8-14-15-11(16(24)23-22-14)2-1-3-12(15)21-13/h1-7,13,21H,8H2,(H,23,24). The van der Waals surface area contributed by atoms with Gasteiger partial charge in [0.1, 0.15) is 0 Å². The van der Waals surface area contributed by atoms with Crippen LogP contribution in [0.1, 0.15) is 22.9 Å². The largest absolute Gasteiger partial charge is 0.416 e. The van der Waals surface area contributed by atoms with Crippen molar-refractivity contribution < 1.29 is 13.2 Å². The lowest BCUT2D eigenvalue weighted by Gasteiger charge is -2.27. The molecule has 4 nitrogen and oxygen atoms in total. The minimum absolute atomic E-state index is 0.205. The lowest BCUT2D eigenvalue weighted by molar-refractivity contribution is -0.137. The van der Waals surface area contributed by atoms with Gasteiger partial charge in [-0.25, -0.2) is 5.10 Å². The summed E-state index contributed by atoms with van der Waals surface area (Å²) in [6.45, 7) is 0. The molecule has 2 heterocycles. The Morgan fingerprint density at radius 3 is 2.54 bits per heavy atom. The molecule has 0 fully saturated rings. The Hall–Kier alpha value is -2.83. The van der Waals surface area contributed by atoms with Crippen molar-refractivity contribution in [2.75, 3.05) is 5.32 Å². The predicted octanol–water partition coefficient (Wildman–Crippen LogP) is 3.65. The molecule has 0 aliphatic carbocycles. The highest BCUT2D eigenvalue weighted by atomic mass is 19.4. The Bertz CT molecular complexity index is 965. The molecule has 2 N–H and O–H groups in total. The number of aromatic amines is 1. The molecule has 0 spiro atoms. The summed E-state index contributed by atoms with van der Waals surface area (Å²) in [5.41, 5.74) is 1.29. The van der Waals surface area contributed by atoms with E-state index in [1.807, 2.05) is 6.07 Å². The van der Waals surface area contributed by atoms with E-state index in [0.717, 1.165) is 34.5 Å². The van der Waals surface area contributed by atoms with E-state index in [4.69, 9.17) is 0 Å². The second-order valence-corrected chi connectivity index (χ2v) is 5.75. The Morgan fingerprint density at radius 2 is 1.83 bits per heavy atom. The molecular weight excluding hydrogens is 319 g/mol. The number of benzene rings is 2. The number of hydrogen-bond acceptors (Lipinski definition) is 3. The SMILES string of the molecule is O=c1[nH]nc2c3c(cccc13)NC(c1ccc(C(F)(F)F)cc1)C2. The zero-order valence-corrected chi connectivity index (χ0v) is 12.3. The number of nitrogens with zero attached hydrogens (tertiary/aromatic N) is 1. The number of nitrogens with one attached hydrogen (secondary N) is 2. The van der Waals surface area contributed by atoms with Gasteiger partial charge in [0.25, 0.3) is 5.56 Å². The molecule has 1 aromatic heterocycles. The fraction of sp³-hybridized carbons (Fsp3) is 0.176. The molecule has 7 heteroatoms. The summed E-state index contributed by atoms with van der Waals surface area (Å²) in [5.74, 6) is 0. The molecule has 0 bridgehead atoms. The predicted molar refractivity (Wildman–Crippen MR) is 83.9 cm³/mol. The van der Waals surface area contributed by atoms with Crippen LogP contribution in [0.4, 0.5) is 18.9 Å². The molecule has 4 rings (SSSR count). The molecule has 24 heavy (non-hydrogen) atoms. The molecule has 0 saturated carbocycles. The molecule has 0 saturated heterocycles. The van der Waals surface area contributed by atoms with Gasteiger partial charge in [-0.3, -0.25) is 4.79 Å². The van der Waals surface area contributed by atoms with Crippen LogP contribution in [-0.2, 0) is 12.6 Å². The first-order valence-electron chi connectivity index (χ1n) is 7.37. The zero-order valence-electron chi connectivity index (χ0n) is 12.3. The topological polar surface area (TPSA) is 57.8 Å². The summed E-state index contributed by atoms with van der Waals surface area (Å²) in [4.78, 5) is 11.9. The van der Waals surface area contributed by atoms with Gasteiger partial charge in [0.2, 0.25) is 0 Å². The highest BCUT2D eigenvalue weighted by Crippen LogP contribution is 2.36. The van der Waals surface area contributed by atoms with Crippen molar-refractivity contribution in [3.63, 3.8) is 0 Å². The van der Waals surface area contributed by atoms with E-state index in [0.29, 0.717) is 11.8 Å². The summed E-state index contributed by atoms with van der Waals surface area (Å²) in [6.07, 6.45) is -3.87. The first-order valence-corrected chi connectivity index (χ1v) is 7.37. The average molecular weight is 331 g/mol. The number of rotatable bonds is 1. The summed E-state index contributed by atoms with van der Waals surface area (Å²) in [7, 11) is 0. The number of alkyl halides is 3. The fourth-order valence-corrected chi connectivity index (χ4v) is 3.09. The van der Waals surface area contributed by atoms with Crippen molar-refractivity contribution in [3.05, 3.63) is 69.6 Å². The lowest BCUT2D eigenvalue weighted by atomic mass is 9.93. The van der Waals surface area contributed by atoms with Gasteiger partial charge in [-0.15, -0.1) is 0 Å². The van der Waals surface area contributed by atoms with E-state index in [9.17, 15) is 18.0 Å². The molecule has 0 amide bonds. The number of anilines is 1. The number of hydrogen-bond donors (Lipinski definition) is 2. The maximum absolute atomic E-state index is 12.7. The van der Waals surface area contributed by atoms with E-state index >= 15 is 0 Å². The van der Waals surface area contributed by atoms with Crippen LogP contribution in [-0.4, -0.2) is 10.2 Å². The van der Waals surface area contributed by atoms with Crippen LogP contribution in [0.25, 0.3) is 10.8 Å². The number of H-pyrrole nitrogens is 1. The van der Waals surface area contributed by atoms with Gasteiger partial charge in [0.15, 0.2) is 0 Å². The van der Waals surface area contributed by atoms with Crippen molar-refractivity contribution in [1.82, 2.24) is 10.2 Å². The van der Waals surface area contributed by atoms with Crippen LogP contribution in [0.15, 0.2) is 47.3 Å². The van der Waals surface area contributed by atoms with Gasteiger partial charge < -0.3 is 5.32 Å². The normalized spacial score (nSPS) is 16.9. The fourth-order valence-electron chi connectivity index (χ4n) is 3.09. The lowest BCUT2D eigenvalue weighted by Crippen LogP contribution is -2.22. The highest BCUT2D eigenvalue weighted by Gasteiger charge is 2.31. The van der Waals surface area contributed by atoms with Gasteiger partial charge in [0, 0.05) is 17.5 Å². The third-order valence-corrected chi connectivity index (χ3v) is 4.26. The van der Waals surface area contributed by atoms with E-state index in [-0.39, 0.29) is 11.6 Å². The van der Waals surface area contributed by atoms with Crippen molar-refractivity contribution in [2.24, 2.45) is 0 Å². The molecule has 1 aliphatic heterocycles. The number of halogens is 3. The molecule has 3 aromatic rings. The highest BCUT2D eigenvalue weighted by molar-refractivity contribution is 5.96. The Balaban J connectivity index is 1.73. The summed E-state index contributed by atoms with van der Waals surface area (Å²) in [5, 5.41) is 11.2. The van der Waals surface area contributed by atoms with Crippen LogP contribution in [0.2, 0.25) is 0 Å². The first kappa shape index (κ1) is 14.7. The van der Waals surface area contributed by atoms with Gasteiger partial charge in [0.05, 0.1) is 22.7 Å². The third kappa shape index (κ3) is 2.33. The summed E-state index contributed by atoms with van der Waals surface area (Å²) >= 11 is 0. The van der Waals surface area contributed by atoms with Gasteiger partial charge in [-0.05, 0) is 29.8 Å². The molecule has 122 valence electrons. The smallest absolute Gasteiger partial charge is 0.377 e. The second-order valence-electron chi connectivity index (χ2n) is 5.75. The average Bonchev–Trinajstić information content (AvgIpc) is 2.57. The van der Waals surface area contributed by atoms with Crippen molar-refractivity contribution in [3.8, 4) is 0 Å². The second kappa shape index (κ2) is 5.09. The quantitative estimate of drug-likeness (QED) is 0.716. The Labute approximate surface area is 134 Å². The van der Waals surface area contributed by atoms with Gasteiger partial charge >= 0.3 is 6.18 Å². The van der Waals surface area contributed by atoms with Crippen LogP contribution in [0.5, 0.6) is 0 Å². The first-order chi connectivity index (χ1) is 11.4. The third-order valence-electron chi connectivity index (χ3n) is 4.26. The van der Waals surface area contributed by atoms with Gasteiger partial charge in [-0.2, -0.15) is 18.3 Å². The molecule has 1 atom stereocenters. The molecule has 2 aromatic carbocycles. The van der Waals surface area contributed by atoms with Gasteiger partial charge in [-0.1, -0.05) is 18.2 Å². The van der Waals surface area contributed by atoms with E-state index in [1.165, 1.54) is 12.1 Å². The Morgan fingerprint density at radius 1 is 1.08 bits per heavy atom. The molecule has 1 unspecified atom stereocenters. The van der Waals surface area contributed by atoms with Crippen molar-refractivity contribution in [1.29, 1.82) is 0 Å². The van der Waals surface area contributed by atoms with Crippen LogP contribution < -0.4 is 10.9 Å². The molecule has 1 aliphatic rings. The molecular formula is C17H12F3N3O. The zero-order chi connectivity index (χ0) is 16.9. The van der Waals surface area contributed by atoms with Crippen LogP contribution >= 0.6 is 0 Å². The van der Waals surface area contributed by atoms with E-state index in [1.54, 1.807) is 12.1 Å². The maximum Gasteiger partial charge on any atom is 0.416 e. The number of aromatic nitrogens is 2. The maximum atomic E-state index is 12.7. The Kier molecular flexibility index (Phi) is 3.13. The monoisotopic (exact) mass is 331 g/mol. The van der Waals surface area contributed by atoms with Crippen molar-refractivity contribution in [2.45, 2.75) is 18.6 Å². The van der Waals surface area contributed by atoms with E-state index in [2.05, 4.69) is 15.5 Å². The minimum atomic E-state index is -4.35. The van der Waals surface area contributed by atoms with E-state index < -0.39 is 11.7 Å². The summed E-state index contributed by atoms with van der Waals surface area (Å²) in [6, 6.07) is 10.2. The summed E-state index contributed by atoms with van der Waals surface area (Å²) < 4.78 is 38.1. The minimum Gasteiger partial charge on any atom is -0.377 e. The van der Waals surface area contributed by atoms with Crippen LogP contribution in [0.3, 0.4) is 0 Å². The van der Waals surface area contributed by atoms with Crippen molar-refractivity contribution >= 4 is 16.5 Å². The molecule has 0 radical (unpaired) electrons.